The van der Waals surface area contributed by atoms with Crippen LogP contribution in [0.1, 0.15) is 15.9 Å². The Morgan fingerprint density at radius 2 is 2.03 bits per heavy atom. The number of fused-ring (bicyclic) bond motifs is 1. The summed E-state index contributed by atoms with van der Waals surface area (Å²) in [7, 11) is 1.58. The predicted molar refractivity (Wildman–Crippen MR) is 115 cm³/mol. The van der Waals surface area contributed by atoms with Crippen LogP contribution in [0.15, 0.2) is 67.4 Å². The average molecular weight is 429 g/mol. The first-order valence-corrected chi connectivity index (χ1v) is 9.88. The van der Waals surface area contributed by atoms with E-state index in [1.807, 2.05) is 18.2 Å². The summed E-state index contributed by atoms with van der Waals surface area (Å²) in [6.07, 6.45) is 6.69. The molecule has 160 valence electrons. The van der Waals surface area contributed by atoms with E-state index in [1.165, 1.54) is 0 Å². The van der Waals surface area contributed by atoms with Crippen molar-refractivity contribution in [3.05, 3.63) is 78.5 Å². The van der Waals surface area contributed by atoms with Gasteiger partial charge in [0.1, 0.15) is 12.1 Å². The zero-order valence-corrected chi connectivity index (χ0v) is 17.2. The van der Waals surface area contributed by atoms with Crippen molar-refractivity contribution in [1.29, 1.82) is 0 Å². The maximum absolute atomic E-state index is 12.8. The van der Waals surface area contributed by atoms with E-state index >= 15 is 0 Å². The van der Waals surface area contributed by atoms with E-state index in [-0.39, 0.29) is 12.7 Å². The third-order valence-electron chi connectivity index (χ3n) is 5.01. The molecule has 0 bridgehead atoms. The third kappa shape index (κ3) is 3.83. The van der Waals surface area contributed by atoms with Crippen molar-refractivity contribution in [2.45, 2.75) is 6.54 Å². The SMILES string of the molecule is COc1ccc(C(=O)NCc2ccc3c(c2)OCO3)cc1-c1ccnc(-n2ccnc2)n1. The Morgan fingerprint density at radius 1 is 1.12 bits per heavy atom. The number of hydrogen-bond donors (Lipinski definition) is 1. The number of rotatable bonds is 6. The minimum absolute atomic E-state index is 0.213. The number of imidazole rings is 1. The molecular weight excluding hydrogens is 410 g/mol. The summed E-state index contributed by atoms with van der Waals surface area (Å²) in [5.74, 6) is 2.25. The van der Waals surface area contributed by atoms with Gasteiger partial charge in [-0.3, -0.25) is 9.36 Å². The Bertz CT molecular complexity index is 1270. The molecule has 0 saturated heterocycles. The molecule has 0 aliphatic carbocycles. The molecule has 9 nitrogen and oxygen atoms in total. The van der Waals surface area contributed by atoms with Crippen LogP contribution in [0.25, 0.3) is 17.2 Å². The second-order valence-corrected chi connectivity index (χ2v) is 7.00. The van der Waals surface area contributed by atoms with Crippen LogP contribution >= 0.6 is 0 Å². The standard InChI is InChI=1S/C23H19N5O4/c1-30-19-5-3-16(22(29)26-12-15-2-4-20-21(10-15)32-14-31-20)11-17(19)18-6-7-25-23(27-18)28-9-8-24-13-28/h2-11,13H,12,14H2,1H3,(H,26,29). The second kappa shape index (κ2) is 8.38. The average Bonchev–Trinajstić information content (AvgIpc) is 3.54. The number of carbonyl (C=O) groups excluding carboxylic acids is 1. The molecule has 5 rings (SSSR count). The van der Waals surface area contributed by atoms with Gasteiger partial charge in [-0.1, -0.05) is 6.07 Å². The lowest BCUT2D eigenvalue weighted by atomic mass is 10.1. The fourth-order valence-corrected chi connectivity index (χ4v) is 3.38. The lowest BCUT2D eigenvalue weighted by molar-refractivity contribution is 0.0951. The Kier molecular flexibility index (Phi) is 5.12. The molecule has 32 heavy (non-hydrogen) atoms. The maximum atomic E-state index is 12.8. The van der Waals surface area contributed by atoms with Gasteiger partial charge in [-0.2, -0.15) is 0 Å². The minimum atomic E-state index is -0.213. The highest BCUT2D eigenvalue weighted by molar-refractivity contribution is 5.96. The monoisotopic (exact) mass is 429 g/mol. The van der Waals surface area contributed by atoms with Crippen LogP contribution in [0.2, 0.25) is 0 Å². The van der Waals surface area contributed by atoms with Gasteiger partial charge in [0.2, 0.25) is 12.7 Å². The molecule has 9 heteroatoms. The number of nitrogens with one attached hydrogen (secondary N) is 1. The molecule has 0 spiro atoms. The van der Waals surface area contributed by atoms with Crippen LogP contribution in [0.3, 0.4) is 0 Å². The van der Waals surface area contributed by atoms with Gasteiger partial charge < -0.3 is 19.5 Å². The Labute approximate surface area is 183 Å². The smallest absolute Gasteiger partial charge is 0.251 e. The summed E-state index contributed by atoms with van der Waals surface area (Å²) in [6, 6.07) is 12.6. The summed E-state index contributed by atoms with van der Waals surface area (Å²) in [5, 5.41) is 2.94. The van der Waals surface area contributed by atoms with Gasteiger partial charge in [-0.15, -0.1) is 0 Å². The molecule has 1 N–H and O–H groups in total. The van der Waals surface area contributed by atoms with Crippen molar-refractivity contribution in [2.24, 2.45) is 0 Å². The van der Waals surface area contributed by atoms with Crippen LogP contribution in [0, 0.1) is 0 Å². The van der Waals surface area contributed by atoms with Crippen LogP contribution in [0.4, 0.5) is 0 Å². The molecule has 0 unspecified atom stereocenters. The van der Waals surface area contributed by atoms with E-state index in [4.69, 9.17) is 14.2 Å². The van der Waals surface area contributed by atoms with Crippen molar-refractivity contribution in [3.63, 3.8) is 0 Å². The molecular formula is C23H19N5O4. The number of carbonyl (C=O) groups is 1. The second-order valence-electron chi connectivity index (χ2n) is 7.00. The molecule has 2 aromatic heterocycles. The van der Waals surface area contributed by atoms with E-state index in [0.29, 0.717) is 46.6 Å². The third-order valence-corrected chi connectivity index (χ3v) is 5.01. The summed E-state index contributed by atoms with van der Waals surface area (Å²) in [5.41, 5.74) is 2.72. The zero-order valence-electron chi connectivity index (χ0n) is 17.2. The molecule has 0 saturated carbocycles. The fraction of sp³-hybridized carbons (Fsp3) is 0.130. The van der Waals surface area contributed by atoms with Gasteiger partial charge in [-0.05, 0) is 42.0 Å². The Balaban J connectivity index is 1.38. The quantitative estimate of drug-likeness (QED) is 0.503. The van der Waals surface area contributed by atoms with Crippen LogP contribution in [0.5, 0.6) is 17.2 Å². The Hall–Kier alpha value is -4.40. The van der Waals surface area contributed by atoms with Crippen molar-refractivity contribution < 1.29 is 19.0 Å². The van der Waals surface area contributed by atoms with Crippen molar-refractivity contribution in [3.8, 4) is 34.5 Å². The topological polar surface area (TPSA) is 100 Å². The molecule has 1 aliphatic rings. The van der Waals surface area contributed by atoms with Gasteiger partial charge in [-0.25, -0.2) is 15.0 Å². The van der Waals surface area contributed by atoms with Crippen molar-refractivity contribution >= 4 is 5.91 Å². The Morgan fingerprint density at radius 3 is 2.88 bits per heavy atom. The van der Waals surface area contributed by atoms with Crippen LogP contribution in [-0.4, -0.2) is 39.3 Å². The van der Waals surface area contributed by atoms with Gasteiger partial charge in [0.15, 0.2) is 11.5 Å². The van der Waals surface area contributed by atoms with Gasteiger partial charge in [0.25, 0.3) is 5.91 Å². The molecule has 2 aromatic carbocycles. The van der Waals surface area contributed by atoms with Crippen molar-refractivity contribution in [2.75, 3.05) is 13.9 Å². The van der Waals surface area contributed by atoms with E-state index in [9.17, 15) is 4.79 Å². The summed E-state index contributed by atoms with van der Waals surface area (Å²) in [4.78, 5) is 25.7. The van der Waals surface area contributed by atoms with E-state index in [0.717, 1.165) is 5.56 Å². The first-order chi connectivity index (χ1) is 15.7. The van der Waals surface area contributed by atoms with Crippen LogP contribution in [-0.2, 0) is 6.54 Å². The highest BCUT2D eigenvalue weighted by Gasteiger charge is 2.16. The molecule has 1 aliphatic heterocycles. The maximum Gasteiger partial charge on any atom is 0.251 e. The summed E-state index contributed by atoms with van der Waals surface area (Å²) in [6.45, 7) is 0.570. The van der Waals surface area contributed by atoms with E-state index in [2.05, 4.69) is 20.3 Å². The number of methoxy groups -OCH3 is 1. The minimum Gasteiger partial charge on any atom is -0.496 e. The van der Waals surface area contributed by atoms with Gasteiger partial charge >= 0.3 is 0 Å². The number of aromatic nitrogens is 4. The van der Waals surface area contributed by atoms with Crippen LogP contribution < -0.4 is 19.5 Å². The summed E-state index contributed by atoms with van der Waals surface area (Å²) < 4.78 is 17.9. The first-order valence-electron chi connectivity index (χ1n) is 9.88. The normalized spacial score (nSPS) is 11.9. The first kappa shape index (κ1) is 19.6. The number of ether oxygens (including phenoxy) is 3. The molecule has 4 aromatic rings. The van der Waals surface area contributed by atoms with Crippen molar-refractivity contribution in [1.82, 2.24) is 24.8 Å². The molecule has 0 fully saturated rings. The number of benzene rings is 2. The largest absolute Gasteiger partial charge is 0.496 e. The van der Waals surface area contributed by atoms with Gasteiger partial charge in [0.05, 0.1) is 12.8 Å². The molecule has 1 amide bonds. The fourth-order valence-electron chi connectivity index (χ4n) is 3.38. The number of nitrogens with zero attached hydrogens (tertiary/aromatic N) is 4. The molecule has 3 heterocycles. The van der Waals surface area contributed by atoms with E-state index in [1.54, 1.807) is 60.9 Å². The summed E-state index contributed by atoms with van der Waals surface area (Å²) >= 11 is 0. The molecule has 0 radical (unpaired) electrons. The lowest BCUT2D eigenvalue weighted by Gasteiger charge is -2.12. The zero-order chi connectivity index (χ0) is 21.9. The lowest BCUT2D eigenvalue weighted by Crippen LogP contribution is -2.22. The highest BCUT2D eigenvalue weighted by atomic mass is 16.7. The highest BCUT2D eigenvalue weighted by Crippen LogP contribution is 2.33. The van der Waals surface area contributed by atoms with Gasteiger partial charge in [0, 0.05) is 36.3 Å². The number of amides is 1. The van der Waals surface area contributed by atoms with E-state index < -0.39 is 0 Å². The number of hydrogen-bond acceptors (Lipinski definition) is 7. The predicted octanol–water partition coefficient (Wildman–Crippen LogP) is 3.00. The molecule has 0 atom stereocenters.